The SMILES string of the molecule is CCCC1CC(N[C@@H](C)c2ccccn2)CCO1. The Balaban J connectivity index is 1.85. The quantitative estimate of drug-likeness (QED) is 0.869. The number of ether oxygens (including phenoxy) is 1. The van der Waals surface area contributed by atoms with Gasteiger partial charge in [-0.2, -0.15) is 0 Å². The maximum Gasteiger partial charge on any atom is 0.0589 e. The molecule has 0 amide bonds. The number of pyridine rings is 1. The summed E-state index contributed by atoms with van der Waals surface area (Å²) in [7, 11) is 0. The molecule has 1 aromatic rings. The molecule has 2 unspecified atom stereocenters. The lowest BCUT2D eigenvalue weighted by Crippen LogP contribution is -2.40. The molecule has 1 aliphatic rings. The molecule has 3 nitrogen and oxygen atoms in total. The molecule has 0 spiro atoms. The highest BCUT2D eigenvalue weighted by Crippen LogP contribution is 2.20. The molecule has 0 radical (unpaired) electrons. The molecule has 0 aromatic carbocycles. The molecule has 0 saturated carbocycles. The predicted molar refractivity (Wildman–Crippen MR) is 73.5 cm³/mol. The van der Waals surface area contributed by atoms with Crippen molar-refractivity contribution < 1.29 is 4.74 Å². The smallest absolute Gasteiger partial charge is 0.0589 e. The van der Waals surface area contributed by atoms with Gasteiger partial charge in [0.15, 0.2) is 0 Å². The fourth-order valence-corrected chi connectivity index (χ4v) is 2.63. The molecule has 3 heteroatoms. The van der Waals surface area contributed by atoms with Crippen molar-refractivity contribution in [2.75, 3.05) is 6.61 Å². The summed E-state index contributed by atoms with van der Waals surface area (Å²) in [6, 6.07) is 6.97. The molecule has 0 bridgehead atoms. The predicted octanol–water partition coefficient (Wildman–Crippen LogP) is 3.08. The summed E-state index contributed by atoms with van der Waals surface area (Å²) in [6.45, 7) is 5.29. The van der Waals surface area contributed by atoms with Gasteiger partial charge in [0.05, 0.1) is 11.8 Å². The van der Waals surface area contributed by atoms with E-state index >= 15 is 0 Å². The van der Waals surface area contributed by atoms with Crippen LogP contribution in [-0.2, 0) is 4.74 Å². The molecule has 0 aliphatic carbocycles. The molecule has 1 fully saturated rings. The van der Waals surface area contributed by atoms with E-state index in [1.54, 1.807) is 0 Å². The first-order chi connectivity index (χ1) is 8.79. The molecule has 1 aromatic heterocycles. The highest BCUT2D eigenvalue weighted by molar-refractivity contribution is 5.08. The third-order valence-corrected chi connectivity index (χ3v) is 3.60. The topological polar surface area (TPSA) is 34.2 Å². The minimum Gasteiger partial charge on any atom is -0.378 e. The van der Waals surface area contributed by atoms with E-state index in [0.29, 0.717) is 18.2 Å². The summed E-state index contributed by atoms with van der Waals surface area (Å²) in [5.41, 5.74) is 1.12. The number of nitrogens with one attached hydrogen (secondary N) is 1. The Morgan fingerprint density at radius 1 is 1.50 bits per heavy atom. The van der Waals surface area contributed by atoms with Gasteiger partial charge in [-0.15, -0.1) is 0 Å². The minimum absolute atomic E-state index is 0.316. The molecule has 1 saturated heterocycles. The fraction of sp³-hybridized carbons (Fsp3) is 0.667. The first-order valence-corrected chi connectivity index (χ1v) is 7.08. The highest BCUT2D eigenvalue weighted by Gasteiger charge is 2.23. The van der Waals surface area contributed by atoms with Gasteiger partial charge in [0.2, 0.25) is 0 Å². The largest absolute Gasteiger partial charge is 0.378 e. The van der Waals surface area contributed by atoms with Gasteiger partial charge < -0.3 is 10.1 Å². The van der Waals surface area contributed by atoms with Crippen molar-refractivity contribution in [3.63, 3.8) is 0 Å². The van der Waals surface area contributed by atoms with Crippen LogP contribution >= 0.6 is 0 Å². The van der Waals surface area contributed by atoms with E-state index in [1.165, 1.54) is 12.8 Å². The van der Waals surface area contributed by atoms with Gasteiger partial charge in [-0.3, -0.25) is 4.98 Å². The van der Waals surface area contributed by atoms with Crippen LogP contribution in [0.25, 0.3) is 0 Å². The van der Waals surface area contributed by atoms with Gasteiger partial charge >= 0.3 is 0 Å². The van der Waals surface area contributed by atoms with E-state index in [2.05, 4.69) is 30.2 Å². The molecule has 1 N–H and O–H groups in total. The van der Waals surface area contributed by atoms with Crippen molar-refractivity contribution in [1.82, 2.24) is 10.3 Å². The normalized spacial score (nSPS) is 25.9. The Bertz CT molecular complexity index is 340. The lowest BCUT2D eigenvalue weighted by Gasteiger charge is -2.32. The zero-order valence-corrected chi connectivity index (χ0v) is 11.4. The molecule has 3 atom stereocenters. The zero-order valence-electron chi connectivity index (χ0n) is 11.4. The van der Waals surface area contributed by atoms with Crippen molar-refractivity contribution in [2.45, 2.75) is 57.7 Å². The average molecular weight is 248 g/mol. The van der Waals surface area contributed by atoms with E-state index in [-0.39, 0.29) is 0 Å². The first kappa shape index (κ1) is 13.5. The van der Waals surface area contributed by atoms with Crippen LogP contribution in [0.1, 0.15) is 51.3 Å². The number of aromatic nitrogens is 1. The van der Waals surface area contributed by atoms with Crippen molar-refractivity contribution >= 4 is 0 Å². The van der Waals surface area contributed by atoms with E-state index in [4.69, 9.17) is 4.74 Å². The Hall–Kier alpha value is -0.930. The van der Waals surface area contributed by atoms with E-state index in [9.17, 15) is 0 Å². The second-order valence-corrected chi connectivity index (χ2v) is 5.15. The lowest BCUT2D eigenvalue weighted by molar-refractivity contribution is -0.00480. The van der Waals surface area contributed by atoms with Gasteiger partial charge in [0.25, 0.3) is 0 Å². The van der Waals surface area contributed by atoms with Crippen LogP contribution in [0.3, 0.4) is 0 Å². The zero-order chi connectivity index (χ0) is 12.8. The van der Waals surface area contributed by atoms with Crippen LogP contribution in [0, 0.1) is 0 Å². The maximum atomic E-state index is 5.78. The average Bonchev–Trinajstić information content (AvgIpc) is 2.40. The monoisotopic (exact) mass is 248 g/mol. The summed E-state index contributed by atoms with van der Waals surface area (Å²) in [5, 5.41) is 3.68. The van der Waals surface area contributed by atoms with Crippen LogP contribution in [0.2, 0.25) is 0 Å². The van der Waals surface area contributed by atoms with E-state index < -0.39 is 0 Å². The fourth-order valence-electron chi connectivity index (χ4n) is 2.63. The van der Waals surface area contributed by atoms with Crippen molar-refractivity contribution in [3.8, 4) is 0 Å². The number of hydrogen-bond acceptors (Lipinski definition) is 3. The second-order valence-electron chi connectivity index (χ2n) is 5.15. The number of rotatable bonds is 5. The van der Waals surface area contributed by atoms with Crippen molar-refractivity contribution in [1.29, 1.82) is 0 Å². The van der Waals surface area contributed by atoms with Crippen molar-refractivity contribution in [3.05, 3.63) is 30.1 Å². The van der Waals surface area contributed by atoms with Gasteiger partial charge in [0, 0.05) is 24.9 Å². The Kier molecular flexibility index (Phi) is 5.14. The molecule has 100 valence electrons. The maximum absolute atomic E-state index is 5.78. The summed E-state index contributed by atoms with van der Waals surface area (Å²) >= 11 is 0. The third-order valence-electron chi connectivity index (χ3n) is 3.60. The standard InChI is InChI=1S/C15H24N2O/c1-3-6-14-11-13(8-10-18-14)17-12(2)15-7-4-5-9-16-15/h4-5,7,9,12-14,17H,3,6,8,10-11H2,1-2H3/t12-,13?,14?/m0/s1. The van der Waals surface area contributed by atoms with E-state index in [0.717, 1.165) is 25.1 Å². The second kappa shape index (κ2) is 6.86. The molecule has 1 aliphatic heterocycles. The molecule has 2 rings (SSSR count). The number of nitrogens with zero attached hydrogens (tertiary/aromatic N) is 1. The molecular weight excluding hydrogens is 224 g/mol. The highest BCUT2D eigenvalue weighted by atomic mass is 16.5. The minimum atomic E-state index is 0.316. The third kappa shape index (κ3) is 3.79. The van der Waals surface area contributed by atoms with E-state index in [1.807, 2.05) is 18.3 Å². The van der Waals surface area contributed by atoms with Gasteiger partial charge in [-0.25, -0.2) is 0 Å². The van der Waals surface area contributed by atoms with Gasteiger partial charge in [-0.1, -0.05) is 19.4 Å². The summed E-state index contributed by atoms with van der Waals surface area (Å²) in [5.74, 6) is 0. The number of hydrogen-bond donors (Lipinski definition) is 1. The Morgan fingerprint density at radius 2 is 2.39 bits per heavy atom. The van der Waals surface area contributed by atoms with Crippen LogP contribution < -0.4 is 5.32 Å². The van der Waals surface area contributed by atoms with Crippen LogP contribution in [0.15, 0.2) is 24.4 Å². The first-order valence-electron chi connectivity index (χ1n) is 7.08. The molecule has 18 heavy (non-hydrogen) atoms. The molecule has 2 heterocycles. The Labute approximate surface area is 110 Å². The Morgan fingerprint density at radius 3 is 3.11 bits per heavy atom. The van der Waals surface area contributed by atoms with Crippen LogP contribution in [0.4, 0.5) is 0 Å². The molecular formula is C15H24N2O. The summed E-state index contributed by atoms with van der Waals surface area (Å²) in [6.07, 6.45) is 6.92. The summed E-state index contributed by atoms with van der Waals surface area (Å²) in [4.78, 5) is 4.41. The lowest BCUT2D eigenvalue weighted by atomic mass is 9.99. The van der Waals surface area contributed by atoms with Crippen LogP contribution in [-0.4, -0.2) is 23.7 Å². The van der Waals surface area contributed by atoms with Gasteiger partial charge in [0.1, 0.15) is 0 Å². The van der Waals surface area contributed by atoms with Crippen molar-refractivity contribution in [2.24, 2.45) is 0 Å². The van der Waals surface area contributed by atoms with Crippen LogP contribution in [0.5, 0.6) is 0 Å². The van der Waals surface area contributed by atoms with Gasteiger partial charge in [-0.05, 0) is 38.3 Å². The summed E-state index contributed by atoms with van der Waals surface area (Å²) < 4.78 is 5.78.